The van der Waals surface area contributed by atoms with E-state index in [4.69, 9.17) is 0 Å². The summed E-state index contributed by atoms with van der Waals surface area (Å²) in [7, 11) is 0. The number of rotatable bonds is 1. The Kier molecular flexibility index (Phi) is 4.70. The highest BCUT2D eigenvalue weighted by Gasteiger charge is 2.29. The van der Waals surface area contributed by atoms with E-state index >= 15 is 0 Å². The second kappa shape index (κ2) is 5.27. The number of hydrogen-bond acceptors (Lipinski definition) is 0. The second-order valence-electron chi connectivity index (χ2n) is 2.32. The van der Waals surface area contributed by atoms with Gasteiger partial charge in [-0.1, -0.05) is 24.8 Å². The van der Waals surface area contributed by atoms with E-state index in [9.17, 15) is 13.2 Å². The monoisotopic (exact) mass is 200 g/mol. The Balaban J connectivity index is 0.000000791. The maximum absolute atomic E-state index is 12.0. The van der Waals surface area contributed by atoms with Crippen LogP contribution in [0.5, 0.6) is 0 Å². The molecule has 0 amide bonds. The van der Waals surface area contributed by atoms with Crippen LogP contribution in [0.25, 0.3) is 6.08 Å². The first-order valence-corrected chi connectivity index (χ1v) is 3.84. The fourth-order valence-corrected chi connectivity index (χ4v) is 0.808. The van der Waals surface area contributed by atoms with Crippen LogP contribution in [0.2, 0.25) is 0 Å². The molecule has 3 heteroatoms. The molecule has 1 rings (SSSR count). The van der Waals surface area contributed by atoms with E-state index in [1.165, 1.54) is 18.2 Å². The largest absolute Gasteiger partial charge is 0.416 e. The van der Waals surface area contributed by atoms with E-state index in [1.54, 1.807) is 0 Å². The van der Waals surface area contributed by atoms with E-state index in [1.807, 2.05) is 0 Å². The van der Waals surface area contributed by atoms with Gasteiger partial charge in [0.25, 0.3) is 0 Å². The second-order valence-corrected chi connectivity index (χ2v) is 2.32. The van der Waals surface area contributed by atoms with Gasteiger partial charge in [-0.2, -0.15) is 13.2 Å². The normalized spacial score (nSPS) is 9.93. The molecule has 0 heterocycles. The third-order valence-electron chi connectivity index (χ3n) is 1.47. The lowest BCUT2D eigenvalue weighted by Gasteiger charge is -2.05. The zero-order valence-electron chi connectivity index (χ0n) is 7.64. The van der Waals surface area contributed by atoms with Crippen LogP contribution in [-0.4, -0.2) is 0 Å². The van der Waals surface area contributed by atoms with Crippen molar-refractivity contribution in [3.63, 3.8) is 0 Å². The van der Waals surface area contributed by atoms with E-state index in [2.05, 4.69) is 19.7 Å². The summed E-state index contributed by atoms with van der Waals surface area (Å²) in [4.78, 5) is 0. The van der Waals surface area contributed by atoms with Gasteiger partial charge in [-0.3, -0.25) is 0 Å². The van der Waals surface area contributed by atoms with Gasteiger partial charge in [0, 0.05) is 0 Å². The Bertz CT molecular complexity index is 282. The lowest BCUT2D eigenvalue weighted by molar-refractivity contribution is -0.137. The highest BCUT2D eigenvalue weighted by molar-refractivity contribution is 5.47. The Labute approximate surface area is 81.4 Å². The summed E-state index contributed by atoms with van der Waals surface area (Å²) in [5, 5.41) is 0. The summed E-state index contributed by atoms with van der Waals surface area (Å²) >= 11 is 0. The highest BCUT2D eigenvalue weighted by atomic mass is 19.4. The molecule has 0 N–H and O–H groups in total. The van der Waals surface area contributed by atoms with Crippen molar-refractivity contribution in [2.24, 2.45) is 0 Å². The van der Waals surface area contributed by atoms with Gasteiger partial charge in [0.1, 0.15) is 0 Å². The molecule has 0 bridgehead atoms. The van der Waals surface area contributed by atoms with Crippen LogP contribution in [0.3, 0.4) is 0 Å². The number of alkyl halides is 3. The molecule has 0 atom stereocenters. The molecule has 14 heavy (non-hydrogen) atoms. The fraction of sp³-hybridized carbons (Fsp3) is 0.0909. The van der Waals surface area contributed by atoms with Crippen molar-refractivity contribution in [1.29, 1.82) is 0 Å². The topological polar surface area (TPSA) is 0 Å². The van der Waals surface area contributed by atoms with E-state index in [0.29, 0.717) is 5.56 Å². The first kappa shape index (κ1) is 12.5. The molecule has 0 saturated heterocycles. The minimum Gasteiger partial charge on any atom is -0.166 e. The average molecular weight is 200 g/mol. The maximum Gasteiger partial charge on any atom is 0.416 e. The SMILES string of the molecule is C=C.C=Cc1ccc(C(F)(F)F)cc1. The van der Waals surface area contributed by atoms with E-state index in [0.717, 1.165) is 12.1 Å². The van der Waals surface area contributed by atoms with Crippen molar-refractivity contribution >= 4 is 6.08 Å². The van der Waals surface area contributed by atoms with Gasteiger partial charge in [0.15, 0.2) is 0 Å². The first-order chi connectivity index (χ1) is 6.54. The summed E-state index contributed by atoms with van der Waals surface area (Å²) in [6.07, 6.45) is -2.75. The van der Waals surface area contributed by atoms with Crippen LogP contribution in [0.15, 0.2) is 44.0 Å². The molecule has 1 aromatic carbocycles. The van der Waals surface area contributed by atoms with Crippen molar-refractivity contribution in [3.05, 3.63) is 55.1 Å². The molecule has 0 saturated carbocycles. The summed E-state index contributed by atoms with van der Waals surface area (Å²) in [5.74, 6) is 0. The summed E-state index contributed by atoms with van der Waals surface area (Å²) in [6.45, 7) is 9.44. The molecule has 0 radical (unpaired) electrons. The number of halogens is 3. The molecular weight excluding hydrogens is 189 g/mol. The smallest absolute Gasteiger partial charge is 0.166 e. The quantitative estimate of drug-likeness (QED) is 0.597. The van der Waals surface area contributed by atoms with Gasteiger partial charge >= 0.3 is 6.18 Å². The van der Waals surface area contributed by atoms with Gasteiger partial charge in [-0.05, 0) is 17.7 Å². The third-order valence-corrected chi connectivity index (χ3v) is 1.47. The fourth-order valence-electron chi connectivity index (χ4n) is 0.808. The molecule has 1 aromatic rings. The minimum absolute atomic E-state index is 0.631. The molecule has 0 nitrogen and oxygen atoms in total. The highest BCUT2D eigenvalue weighted by Crippen LogP contribution is 2.29. The maximum atomic E-state index is 12.0. The van der Waals surface area contributed by atoms with Crippen molar-refractivity contribution in [1.82, 2.24) is 0 Å². The Morgan fingerprint density at radius 1 is 1.00 bits per heavy atom. The Hall–Kier alpha value is -1.51. The summed E-state index contributed by atoms with van der Waals surface area (Å²) in [5.41, 5.74) is 0.0519. The Morgan fingerprint density at radius 3 is 1.71 bits per heavy atom. The first-order valence-electron chi connectivity index (χ1n) is 3.84. The lowest BCUT2D eigenvalue weighted by Crippen LogP contribution is -2.03. The minimum atomic E-state index is -4.25. The average Bonchev–Trinajstić information content (AvgIpc) is 2.20. The predicted molar refractivity (Wildman–Crippen MR) is 52.8 cm³/mol. The van der Waals surface area contributed by atoms with Crippen molar-refractivity contribution in [2.75, 3.05) is 0 Å². The van der Waals surface area contributed by atoms with Gasteiger partial charge in [0.2, 0.25) is 0 Å². The molecule has 0 spiro atoms. The van der Waals surface area contributed by atoms with E-state index < -0.39 is 11.7 Å². The molecule has 0 aliphatic carbocycles. The van der Waals surface area contributed by atoms with Gasteiger partial charge < -0.3 is 0 Å². The molecule has 0 aromatic heterocycles. The zero-order valence-corrected chi connectivity index (χ0v) is 7.64. The van der Waals surface area contributed by atoms with Crippen molar-refractivity contribution in [2.45, 2.75) is 6.18 Å². The van der Waals surface area contributed by atoms with Gasteiger partial charge in [-0.15, -0.1) is 13.2 Å². The summed E-state index contributed by atoms with van der Waals surface area (Å²) < 4.78 is 36.0. The van der Waals surface area contributed by atoms with Crippen molar-refractivity contribution < 1.29 is 13.2 Å². The van der Waals surface area contributed by atoms with Gasteiger partial charge in [0.05, 0.1) is 5.56 Å². The molecule has 0 aliphatic heterocycles. The number of benzene rings is 1. The van der Waals surface area contributed by atoms with Crippen LogP contribution in [0.4, 0.5) is 13.2 Å². The third kappa shape index (κ3) is 3.47. The predicted octanol–water partition coefficient (Wildman–Crippen LogP) is 4.15. The van der Waals surface area contributed by atoms with Crippen LogP contribution < -0.4 is 0 Å². The molecule has 0 fully saturated rings. The molecule has 0 unspecified atom stereocenters. The molecular formula is C11H11F3. The zero-order chi connectivity index (χ0) is 11.2. The van der Waals surface area contributed by atoms with Crippen molar-refractivity contribution in [3.8, 4) is 0 Å². The standard InChI is InChI=1S/C9H7F3.C2H4/c1-2-7-3-5-8(6-4-7)9(10,11)12;1-2/h2-6H,1H2;1-2H2. The summed E-state index contributed by atoms with van der Waals surface area (Å²) in [6, 6.07) is 4.85. The van der Waals surface area contributed by atoms with E-state index in [-0.39, 0.29) is 0 Å². The van der Waals surface area contributed by atoms with Crippen LogP contribution in [0.1, 0.15) is 11.1 Å². The number of hydrogen-bond donors (Lipinski definition) is 0. The molecule has 0 aliphatic rings. The Morgan fingerprint density at radius 2 is 1.43 bits per heavy atom. The molecule has 76 valence electrons. The van der Waals surface area contributed by atoms with Gasteiger partial charge in [-0.25, -0.2) is 0 Å². The van der Waals surface area contributed by atoms with Crippen LogP contribution in [0, 0.1) is 0 Å². The lowest BCUT2D eigenvalue weighted by atomic mass is 10.1. The van der Waals surface area contributed by atoms with Crippen LogP contribution in [-0.2, 0) is 6.18 Å². The van der Waals surface area contributed by atoms with Crippen LogP contribution >= 0.6 is 0 Å².